The summed E-state index contributed by atoms with van der Waals surface area (Å²) in [6, 6.07) is 36.7. The van der Waals surface area contributed by atoms with Crippen molar-refractivity contribution < 1.29 is 24.1 Å². The van der Waals surface area contributed by atoms with Crippen molar-refractivity contribution in [2.75, 3.05) is 23.3 Å². The molecule has 0 saturated carbocycles. The number of benzene rings is 5. The summed E-state index contributed by atoms with van der Waals surface area (Å²) >= 11 is 0. The van der Waals surface area contributed by atoms with E-state index in [0.29, 0.717) is 31.5 Å². The number of nitrogens with zero attached hydrogens (tertiary/aromatic N) is 2. The molecule has 7 nitrogen and oxygen atoms in total. The lowest BCUT2D eigenvalue weighted by atomic mass is 10.1. The normalized spacial score (nSPS) is 13.9. The van der Waals surface area contributed by atoms with Crippen LogP contribution in [0.25, 0.3) is 0 Å². The number of hydrogen-bond acceptors (Lipinski definition) is 7. The third-order valence-electron chi connectivity index (χ3n) is 7.19. The molecule has 0 spiro atoms. The summed E-state index contributed by atoms with van der Waals surface area (Å²) in [4.78, 5) is 4.35. The van der Waals surface area contributed by atoms with Gasteiger partial charge in [0.15, 0.2) is 13.5 Å². The van der Waals surface area contributed by atoms with Crippen LogP contribution in [0.5, 0.6) is 40.2 Å². The van der Waals surface area contributed by atoms with Crippen molar-refractivity contribution >= 4 is 11.4 Å². The van der Waals surface area contributed by atoms with Crippen molar-refractivity contribution in [2.45, 2.75) is 13.1 Å². The molecular weight excluding hydrogens is 516 g/mol. The zero-order chi connectivity index (χ0) is 27.6. The number of fused-ring (bicyclic) bond motifs is 2. The van der Waals surface area contributed by atoms with E-state index in [1.165, 1.54) is 5.56 Å². The molecule has 5 aromatic carbocycles. The van der Waals surface area contributed by atoms with Gasteiger partial charge in [0, 0.05) is 35.6 Å². The van der Waals surface area contributed by atoms with Crippen LogP contribution < -0.4 is 28.7 Å². The minimum Gasteiger partial charge on any atom is -0.508 e. The molecule has 1 N–H and O–H groups in total. The van der Waals surface area contributed by atoms with Gasteiger partial charge in [-0.05, 0) is 97.1 Å². The van der Waals surface area contributed by atoms with Crippen LogP contribution in [0.15, 0.2) is 115 Å². The van der Waals surface area contributed by atoms with Gasteiger partial charge in [0.2, 0.25) is 0 Å². The van der Waals surface area contributed by atoms with Gasteiger partial charge >= 0.3 is 0 Å². The molecule has 2 aliphatic rings. The molecule has 0 unspecified atom stereocenters. The summed E-state index contributed by atoms with van der Waals surface area (Å²) in [6.07, 6.45) is 0. The Morgan fingerprint density at radius 2 is 1.00 bits per heavy atom. The molecule has 0 fully saturated rings. The van der Waals surface area contributed by atoms with E-state index in [-0.39, 0.29) is 5.75 Å². The number of phenolic OH excluding ortho intramolecular Hbond substituents is 1. The third kappa shape index (κ3) is 5.43. The molecule has 0 bridgehead atoms. The van der Waals surface area contributed by atoms with Gasteiger partial charge < -0.3 is 33.9 Å². The van der Waals surface area contributed by atoms with Crippen LogP contribution >= 0.6 is 0 Å². The van der Waals surface area contributed by atoms with E-state index in [0.717, 1.165) is 46.5 Å². The lowest BCUT2D eigenvalue weighted by Crippen LogP contribution is -2.31. The van der Waals surface area contributed by atoms with Crippen molar-refractivity contribution in [3.05, 3.63) is 126 Å². The second-order valence-electron chi connectivity index (χ2n) is 10.0. The standard InChI is InChI=1S/C34H28N2O5/c37-28-9-15-31(16-10-28)41-32-17-18-34-25(19-32)21-36(23-39-34)27-7-13-30(14-8-27)40-29-11-5-26(6-12-29)35-20-24-3-1-2-4-33(24)38-22-35/h1-19,37H,20-23H2. The summed E-state index contributed by atoms with van der Waals surface area (Å²) in [5.41, 5.74) is 4.35. The molecule has 2 heterocycles. The van der Waals surface area contributed by atoms with Gasteiger partial charge in [-0.25, -0.2) is 0 Å². The summed E-state index contributed by atoms with van der Waals surface area (Å²) in [5.74, 6) is 4.92. The van der Waals surface area contributed by atoms with Gasteiger partial charge in [0.1, 0.15) is 40.2 Å². The highest BCUT2D eigenvalue weighted by atomic mass is 16.5. The van der Waals surface area contributed by atoms with Crippen molar-refractivity contribution in [1.82, 2.24) is 0 Å². The van der Waals surface area contributed by atoms with Crippen LogP contribution in [0.4, 0.5) is 11.4 Å². The second-order valence-corrected chi connectivity index (χ2v) is 10.0. The number of hydrogen-bond donors (Lipinski definition) is 1. The van der Waals surface area contributed by atoms with Crippen LogP contribution in [-0.2, 0) is 13.1 Å². The zero-order valence-electron chi connectivity index (χ0n) is 22.3. The third-order valence-corrected chi connectivity index (χ3v) is 7.19. The van der Waals surface area contributed by atoms with Crippen molar-refractivity contribution in [1.29, 1.82) is 0 Å². The molecule has 0 aliphatic carbocycles. The van der Waals surface area contributed by atoms with Gasteiger partial charge in [-0.15, -0.1) is 0 Å². The Hall–Kier alpha value is -5.30. The van der Waals surface area contributed by atoms with E-state index in [1.54, 1.807) is 24.3 Å². The van der Waals surface area contributed by atoms with Crippen LogP contribution in [0.3, 0.4) is 0 Å². The molecule has 0 radical (unpaired) electrons. The van der Waals surface area contributed by atoms with Gasteiger partial charge in [0.05, 0.1) is 0 Å². The fourth-order valence-electron chi connectivity index (χ4n) is 5.02. The summed E-state index contributed by atoms with van der Waals surface area (Å²) < 4.78 is 24.0. The monoisotopic (exact) mass is 544 g/mol. The molecule has 2 aliphatic heterocycles. The lowest BCUT2D eigenvalue weighted by Gasteiger charge is -2.31. The first kappa shape index (κ1) is 24.7. The average molecular weight is 545 g/mol. The predicted octanol–water partition coefficient (Wildman–Crippen LogP) is 7.69. The van der Waals surface area contributed by atoms with Crippen molar-refractivity contribution in [3.8, 4) is 40.2 Å². The Bertz CT molecular complexity index is 1650. The fraction of sp³-hybridized carbons (Fsp3) is 0.118. The Labute approximate surface area is 238 Å². The van der Waals surface area contributed by atoms with Crippen LogP contribution in [0.2, 0.25) is 0 Å². The summed E-state index contributed by atoms with van der Waals surface area (Å²) in [7, 11) is 0. The maximum absolute atomic E-state index is 9.50. The number of phenols is 1. The van der Waals surface area contributed by atoms with Gasteiger partial charge in [-0.1, -0.05) is 18.2 Å². The SMILES string of the molecule is Oc1ccc(Oc2ccc3c(c2)CN(c2ccc(Oc4ccc(N5COc6ccccc6C5)cc4)cc2)CO3)cc1. The minimum absolute atomic E-state index is 0.205. The Kier molecular flexibility index (Phi) is 6.45. The largest absolute Gasteiger partial charge is 0.508 e. The molecule has 0 amide bonds. The summed E-state index contributed by atoms with van der Waals surface area (Å²) in [5, 5.41) is 9.50. The highest BCUT2D eigenvalue weighted by Crippen LogP contribution is 2.35. The quantitative estimate of drug-likeness (QED) is 0.235. The van der Waals surface area contributed by atoms with E-state index < -0.39 is 0 Å². The minimum atomic E-state index is 0.205. The molecule has 7 rings (SSSR count). The van der Waals surface area contributed by atoms with Gasteiger partial charge in [-0.2, -0.15) is 0 Å². The van der Waals surface area contributed by atoms with Gasteiger partial charge in [-0.3, -0.25) is 0 Å². The van der Waals surface area contributed by atoms with E-state index in [1.807, 2.05) is 72.8 Å². The lowest BCUT2D eigenvalue weighted by molar-refractivity contribution is 0.288. The zero-order valence-corrected chi connectivity index (χ0v) is 22.3. The predicted molar refractivity (Wildman–Crippen MR) is 157 cm³/mol. The molecule has 204 valence electrons. The summed E-state index contributed by atoms with van der Waals surface area (Å²) in [6.45, 7) is 2.48. The number of para-hydroxylation sites is 1. The van der Waals surface area contributed by atoms with Crippen molar-refractivity contribution in [3.63, 3.8) is 0 Å². The Morgan fingerprint density at radius 3 is 1.63 bits per heavy atom. The first-order valence-corrected chi connectivity index (χ1v) is 13.5. The number of anilines is 2. The molecule has 0 aromatic heterocycles. The maximum Gasteiger partial charge on any atom is 0.161 e. The molecule has 41 heavy (non-hydrogen) atoms. The van der Waals surface area contributed by atoms with Gasteiger partial charge in [0.25, 0.3) is 0 Å². The number of aromatic hydroxyl groups is 1. The Balaban J connectivity index is 0.980. The maximum atomic E-state index is 9.50. The number of rotatable bonds is 6. The molecule has 5 aromatic rings. The Morgan fingerprint density at radius 1 is 0.512 bits per heavy atom. The van der Waals surface area contributed by atoms with E-state index >= 15 is 0 Å². The first-order valence-electron chi connectivity index (χ1n) is 13.5. The fourth-order valence-corrected chi connectivity index (χ4v) is 5.02. The van der Waals surface area contributed by atoms with Crippen LogP contribution in [-0.4, -0.2) is 18.6 Å². The van der Waals surface area contributed by atoms with E-state index in [4.69, 9.17) is 18.9 Å². The smallest absolute Gasteiger partial charge is 0.161 e. The first-order chi connectivity index (χ1) is 20.2. The topological polar surface area (TPSA) is 63.6 Å². The molecular formula is C34H28N2O5. The number of ether oxygens (including phenoxy) is 4. The van der Waals surface area contributed by atoms with E-state index in [9.17, 15) is 5.11 Å². The van der Waals surface area contributed by atoms with E-state index in [2.05, 4.69) is 28.0 Å². The molecule has 7 heteroatoms. The van der Waals surface area contributed by atoms with Crippen molar-refractivity contribution in [2.24, 2.45) is 0 Å². The van der Waals surface area contributed by atoms with Crippen LogP contribution in [0, 0.1) is 0 Å². The molecule has 0 atom stereocenters. The second kappa shape index (κ2) is 10.7. The highest BCUT2D eigenvalue weighted by Gasteiger charge is 2.19. The molecule has 0 saturated heterocycles. The van der Waals surface area contributed by atoms with Crippen LogP contribution in [0.1, 0.15) is 11.1 Å². The average Bonchev–Trinajstić information content (AvgIpc) is 3.02. The highest BCUT2D eigenvalue weighted by molar-refractivity contribution is 5.55.